The second-order valence-corrected chi connectivity index (χ2v) is 2.58. The number of rotatable bonds is 4. The molecule has 0 rings (SSSR count). The lowest BCUT2D eigenvalue weighted by molar-refractivity contribution is -0.194. The third-order valence-corrected chi connectivity index (χ3v) is 1.29. The molecule has 1 amide bonds. The van der Waals surface area contributed by atoms with Crippen LogP contribution >= 0.6 is 0 Å². The fraction of sp³-hybridized carbons (Fsp3) is 0.875. The number of hydrogen-bond acceptors (Lipinski definition) is 2. The van der Waals surface area contributed by atoms with Crippen LogP contribution in [0.5, 0.6) is 0 Å². The van der Waals surface area contributed by atoms with Crippen molar-refractivity contribution < 1.29 is 9.63 Å². The molecule has 0 aliphatic heterocycles. The van der Waals surface area contributed by atoms with E-state index in [0.717, 1.165) is 0 Å². The number of carbonyl (C=O) groups is 1. The lowest BCUT2D eigenvalue weighted by Gasteiger charge is -2.24. The first kappa shape index (κ1) is 10.4. The van der Waals surface area contributed by atoms with E-state index in [2.05, 4.69) is 0 Å². The highest BCUT2D eigenvalue weighted by molar-refractivity contribution is 5.74. The largest absolute Gasteiger partial charge is 0.273 e. The van der Waals surface area contributed by atoms with Gasteiger partial charge >= 0.3 is 0 Å². The second kappa shape index (κ2) is 5.13. The number of amides is 1. The van der Waals surface area contributed by atoms with Gasteiger partial charge in [0.25, 0.3) is 0 Å². The van der Waals surface area contributed by atoms with Crippen molar-refractivity contribution in [1.82, 2.24) is 5.06 Å². The maximum atomic E-state index is 11.1. The van der Waals surface area contributed by atoms with Gasteiger partial charge < -0.3 is 0 Å². The van der Waals surface area contributed by atoms with E-state index >= 15 is 0 Å². The van der Waals surface area contributed by atoms with Gasteiger partial charge in [0, 0.05) is 6.42 Å². The lowest BCUT2D eigenvalue weighted by atomic mass is 10.3. The summed E-state index contributed by atoms with van der Waals surface area (Å²) in [6, 6.07) is 0.127. The van der Waals surface area contributed by atoms with E-state index in [0.29, 0.717) is 13.0 Å². The van der Waals surface area contributed by atoms with Crippen molar-refractivity contribution in [1.29, 1.82) is 0 Å². The van der Waals surface area contributed by atoms with E-state index in [1.54, 1.807) is 0 Å². The third-order valence-electron chi connectivity index (χ3n) is 1.29. The lowest BCUT2D eigenvalue weighted by Crippen LogP contribution is -2.36. The van der Waals surface area contributed by atoms with Gasteiger partial charge in [0.2, 0.25) is 5.91 Å². The van der Waals surface area contributed by atoms with Crippen molar-refractivity contribution >= 4 is 5.91 Å². The quantitative estimate of drug-likeness (QED) is 0.583. The molecule has 3 heteroatoms. The van der Waals surface area contributed by atoms with Crippen LogP contribution in [0.4, 0.5) is 0 Å². The Hall–Kier alpha value is -0.570. The Kier molecular flexibility index (Phi) is 4.86. The van der Waals surface area contributed by atoms with Crippen molar-refractivity contribution in [3.05, 3.63) is 0 Å². The minimum atomic E-state index is 0.0434. The van der Waals surface area contributed by atoms with Gasteiger partial charge in [-0.1, -0.05) is 6.92 Å². The van der Waals surface area contributed by atoms with Crippen LogP contribution in [-0.2, 0) is 9.63 Å². The monoisotopic (exact) mass is 159 g/mol. The highest BCUT2D eigenvalue weighted by Gasteiger charge is 2.14. The summed E-state index contributed by atoms with van der Waals surface area (Å²) >= 11 is 0. The normalized spacial score (nSPS) is 10.3. The Morgan fingerprint density at radius 3 is 2.27 bits per heavy atom. The first-order chi connectivity index (χ1) is 5.13. The molecule has 0 heterocycles. The Morgan fingerprint density at radius 2 is 2.00 bits per heavy atom. The molecule has 0 unspecified atom stereocenters. The van der Waals surface area contributed by atoms with E-state index in [-0.39, 0.29) is 11.9 Å². The second-order valence-electron chi connectivity index (χ2n) is 2.58. The SMILES string of the molecule is CCON(C(=O)CC)C(C)C. The van der Waals surface area contributed by atoms with Gasteiger partial charge in [-0.25, -0.2) is 5.06 Å². The molecule has 0 spiro atoms. The Balaban J connectivity index is 3.98. The zero-order chi connectivity index (χ0) is 8.85. The molecule has 0 saturated heterocycles. The summed E-state index contributed by atoms with van der Waals surface area (Å²) in [7, 11) is 0. The van der Waals surface area contributed by atoms with Crippen LogP contribution in [0.15, 0.2) is 0 Å². The average Bonchev–Trinajstić information content (AvgIpc) is 1.98. The van der Waals surface area contributed by atoms with Crippen LogP contribution in [0.2, 0.25) is 0 Å². The van der Waals surface area contributed by atoms with Gasteiger partial charge in [-0.05, 0) is 20.8 Å². The minimum absolute atomic E-state index is 0.0434. The number of nitrogens with zero attached hydrogens (tertiary/aromatic N) is 1. The van der Waals surface area contributed by atoms with Gasteiger partial charge in [-0.15, -0.1) is 0 Å². The van der Waals surface area contributed by atoms with Crippen LogP contribution in [0.1, 0.15) is 34.1 Å². The van der Waals surface area contributed by atoms with Crippen LogP contribution in [0.3, 0.4) is 0 Å². The maximum absolute atomic E-state index is 11.1. The number of hydroxylamine groups is 2. The standard InChI is InChI=1S/C8H17NO2/c1-5-8(10)9(7(3)4)11-6-2/h7H,5-6H2,1-4H3. The van der Waals surface area contributed by atoms with Gasteiger partial charge in [-0.3, -0.25) is 9.63 Å². The minimum Gasteiger partial charge on any atom is -0.273 e. The maximum Gasteiger partial charge on any atom is 0.246 e. The van der Waals surface area contributed by atoms with Gasteiger partial charge in [0.15, 0.2) is 0 Å². The summed E-state index contributed by atoms with van der Waals surface area (Å²) in [5, 5.41) is 1.43. The van der Waals surface area contributed by atoms with Crippen LogP contribution in [0.25, 0.3) is 0 Å². The smallest absolute Gasteiger partial charge is 0.246 e. The molecule has 3 nitrogen and oxygen atoms in total. The average molecular weight is 159 g/mol. The molecule has 0 N–H and O–H groups in total. The van der Waals surface area contributed by atoms with Crippen LogP contribution in [0, 0.1) is 0 Å². The Labute approximate surface area is 68.3 Å². The zero-order valence-corrected chi connectivity index (χ0v) is 7.76. The Morgan fingerprint density at radius 1 is 1.45 bits per heavy atom. The summed E-state index contributed by atoms with van der Waals surface area (Å²) < 4.78 is 0. The van der Waals surface area contributed by atoms with E-state index in [4.69, 9.17) is 4.84 Å². The first-order valence-electron chi connectivity index (χ1n) is 4.08. The molecule has 0 bridgehead atoms. The van der Waals surface area contributed by atoms with Crippen molar-refractivity contribution in [2.24, 2.45) is 0 Å². The predicted octanol–water partition coefficient (Wildman–Crippen LogP) is 1.58. The topological polar surface area (TPSA) is 29.5 Å². The summed E-state index contributed by atoms with van der Waals surface area (Å²) in [6.45, 7) is 8.12. The number of hydrogen-bond donors (Lipinski definition) is 0. The van der Waals surface area contributed by atoms with E-state index in [1.807, 2.05) is 27.7 Å². The first-order valence-corrected chi connectivity index (χ1v) is 4.08. The molecule has 0 radical (unpaired) electrons. The summed E-state index contributed by atoms with van der Waals surface area (Å²) in [6.07, 6.45) is 0.498. The highest BCUT2D eigenvalue weighted by Crippen LogP contribution is 2.01. The molecule has 0 atom stereocenters. The van der Waals surface area contributed by atoms with Crippen molar-refractivity contribution in [2.75, 3.05) is 6.61 Å². The zero-order valence-electron chi connectivity index (χ0n) is 7.76. The highest BCUT2D eigenvalue weighted by atomic mass is 16.7. The van der Waals surface area contributed by atoms with E-state index in [9.17, 15) is 4.79 Å². The molecule has 0 aromatic carbocycles. The van der Waals surface area contributed by atoms with Gasteiger partial charge in [0.05, 0.1) is 12.6 Å². The van der Waals surface area contributed by atoms with Crippen LogP contribution < -0.4 is 0 Å². The molecule has 0 aliphatic rings. The predicted molar refractivity (Wildman–Crippen MR) is 43.9 cm³/mol. The van der Waals surface area contributed by atoms with Gasteiger partial charge in [-0.2, -0.15) is 0 Å². The summed E-state index contributed by atoms with van der Waals surface area (Å²) in [5.74, 6) is 0.0434. The van der Waals surface area contributed by atoms with E-state index in [1.165, 1.54) is 5.06 Å². The Bertz CT molecular complexity index is 123. The summed E-state index contributed by atoms with van der Waals surface area (Å²) in [5.41, 5.74) is 0. The molecule has 0 aromatic heterocycles. The fourth-order valence-electron chi connectivity index (χ4n) is 0.804. The molecule has 66 valence electrons. The third kappa shape index (κ3) is 3.37. The number of carbonyl (C=O) groups excluding carboxylic acids is 1. The summed E-state index contributed by atoms with van der Waals surface area (Å²) in [4.78, 5) is 16.3. The molecule has 0 saturated carbocycles. The van der Waals surface area contributed by atoms with Crippen molar-refractivity contribution in [2.45, 2.75) is 40.2 Å². The van der Waals surface area contributed by atoms with Crippen molar-refractivity contribution in [3.63, 3.8) is 0 Å². The molecule has 0 aliphatic carbocycles. The molecule has 11 heavy (non-hydrogen) atoms. The van der Waals surface area contributed by atoms with Gasteiger partial charge in [0.1, 0.15) is 0 Å². The van der Waals surface area contributed by atoms with Crippen molar-refractivity contribution in [3.8, 4) is 0 Å². The van der Waals surface area contributed by atoms with E-state index < -0.39 is 0 Å². The molecule has 0 fully saturated rings. The molecular weight excluding hydrogens is 142 g/mol. The molecular formula is C8H17NO2. The fourth-order valence-corrected chi connectivity index (χ4v) is 0.804. The molecule has 0 aromatic rings. The van der Waals surface area contributed by atoms with Crippen LogP contribution in [-0.4, -0.2) is 23.6 Å².